The third-order valence-corrected chi connectivity index (χ3v) is 7.00. The molecule has 0 radical (unpaired) electrons. The van der Waals surface area contributed by atoms with Gasteiger partial charge < -0.3 is 19.5 Å². The lowest BCUT2D eigenvalue weighted by Crippen LogP contribution is -2.42. The number of hydrogen-bond donors (Lipinski definition) is 1. The van der Waals surface area contributed by atoms with E-state index in [1.54, 1.807) is 12.0 Å². The number of fused-ring (bicyclic) bond motifs is 1. The number of benzene rings is 2. The zero-order valence-corrected chi connectivity index (χ0v) is 20.5. The zero-order chi connectivity index (χ0) is 24.4. The fraction of sp³-hybridized carbons (Fsp3) is 0.407. The molecular formula is C27H32N4O4. The van der Waals surface area contributed by atoms with Crippen molar-refractivity contribution in [2.24, 2.45) is 0 Å². The van der Waals surface area contributed by atoms with Crippen LogP contribution in [0, 0.1) is 0 Å². The molecule has 0 spiro atoms. The molecule has 1 amide bonds. The van der Waals surface area contributed by atoms with Crippen molar-refractivity contribution in [3.05, 3.63) is 54.4 Å². The topological polar surface area (TPSA) is 77.9 Å². The van der Waals surface area contributed by atoms with Crippen LogP contribution in [0.4, 0.5) is 10.5 Å². The summed E-state index contributed by atoms with van der Waals surface area (Å²) < 4.78 is 19.3. The highest BCUT2D eigenvalue weighted by atomic mass is 16.5. The normalized spacial score (nSPS) is 18.1. The number of amides is 1. The Morgan fingerprint density at radius 2 is 1.83 bits per heavy atom. The van der Waals surface area contributed by atoms with Crippen molar-refractivity contribution in [1.29, 1.82) is 0 Å². The molecule has 1 saturated heterocycles. The Kier molecular flexibility index (Phi) is 6.63. The predicted molar refractivity (Wildman–Crippen MR) is 135 cm³/mol. The van der Waals surface area contributed by atoms with Gasteiger partial charge in [0.1, 0.15) is 5.75 Å². The van der Waals surface area contributed by atoms with E-state index < -0.39 is 0 Å². The highest BCUT2D eigenvalue weighted by Gasteiger charge is 2.32. The first kappa shape index (κ1) is 23.2. The van der Waals surface area contributed by atoms with Gasteiger partial charge >= 0.3 is 6.09 Å². The summed E-state index contributed by atoms with van der Waals surface area (Å²) in [4.78, 5) is 14.4. The maximum atomic E-state index is 12.7. The number of ether oxygens (including phenoxy) is 3. The lowest BCUT2D eigenvalue weighted by atomic mass is 9.92. The van der Waals surface area contributed by atoms with Gasteiger partial charge in [0, 0.05) is 28.9 Å². The Morgan fingerprint density at radius 3 is 2.57 bits per heavy atom. The minimum Gasteiger partial charge on any atom is -0.493 e. The first-order valence-electron chi connectivity index (χ1n) is 12.2. The average molecular weight is 477 g/mol. The number of methoxy groups -OCH3 is 2. The van der Waals surface area contributed by atoms with Crippen LogP contribution >= 0.6 is 0 Å². The predicted octanol–water partition coefficient (Wildman–Crippen LogP) is 5.18. The highest BCUT2D eigenvalue weighted by Crippen LogP contribution is 2.46. The molecule has 8 heteroatoms. The fourth-order valence-electron chi connectivity index (χ4n) is 5.09. The molecule has 2 aromatic carbocycles. The largest absolute Gasteiger partial charge is 0.493 e. The van der Waals surface area contributed by atoms with E-state index in [1.807, 2.05) is 49.5 Å². The van der Waals surface area contributed by atoms with Gasteiger partial charge in [-0.2, -0.15) is 5.10 Å². The summed E-state index contributed by atoms with van der Waals surface area (Å²) in [5.41, 5.74) is 3.72. The van der Waals surface area contributed by atoms with Crippen molar-refractivity contribution in [2.75, 3.05) is 32.2 Å². The SMILES string of the molecule is COC(=O)N1c2ccc(-c3cnn(C4CCNCC4)c3)c(Oc3ccccc3OC)c2CCC1C. The number of aromatic nitrogens is 2. The second-order valence-electron chi connectivity index (χ2n) is 9.11. The molecule has 0 saturated carbocycles. The number of nitrogens with one attached hydrogen (secondary N) is 1. The van der Waals surface area contributed by atoms with Crippen LogP contribution in [-0.2, 0) is 11.2 Å². The molecule has 1 atom stereocenters. The molecule has 35 heavy (non-hydrogen) atoms. The Balaban J connectivity index is 1.62. The third kappa shape index (κ3) is 4.46. The summed E-state index contributed by atoms with van der Waals surface area (Å²) >= 11 is 0. The van der Waals surface area contributed by atoms with Crippen molar-refractivity contribution >= 4 is 11.8 Å². The molecule has 0 bridgehead atoms. The Labute approximate surface area is 205 Å². The Bertz CT molecular complexity index is 1200. The number of para-hydroxylation sites is 2. The van der Waals surface area contributed by atoms with E-state index >= 15 is 0 Å². The van der Waals surface area contributed by atoms with E-state index in [2.05, 4.69) is 16.2 Å². The van der Waals surface area contributed by atoms with Gasteiger partial charge in [0.2, 0.25) is 0 Å². The number of rotatable bonds is 5. The second kappa shape index (κ2) is 10.00. The van der Waals surface area contributed by atoms with Gasteiger partial charge in [0.25, 0.3) is 0 Å². The van der Waals surface area contributed by atoms with E-state index in [1.165, 1.54) is 7.11 Å². The van der Waals surface area contributed by atoms with Gasteiger partial charge in [-0.15, -0.1) is 0 Å². The van der Waals surface area contributed by atoms with Crippen molar-refractivity contribution in [3.8, 4) is 28.4 Å². The summed E-state index contributed by atoms with van der Waals surface area (Å²) in [7, 11) is 3.05. The molecule has 1 N–H and O–H groups in total. The van der Waals surface area contributed by atoms with Gasteiger partial charge in [0.05, 0.1) is 32.1 Å². The number of anilines is 1. The van der Waals surface area contributed by atoms with E-state index in [0.717, 1.165) is 66.9 Å². The molecule has 8 nitrogen and oxygen atoms in total. The number of carbonyl (C=O) groups is 1. The van der Waals surface area contributed by atoms with Crippen LogP contribution in [0.1, 0.15) is 37.8 Å². The highest BCUT2D eigenvalue weighted by molar-refractivity contribution is 5.92. The van der Waals surface area contributed by atoms with Crippen LogP contribution in [0.25, 0.3) is 11.1 Å². The summed E-state index contributed by atoms with van der Waals surface area (Å²) in [6.45, 7) is 4.04. The molecule has 1 aromatic heterocycles. The quantitative estimate of drug-likeness (QED) is 0.547. The minimum atomic E-state index is -0.367. The molecule has 5 rings (SSSR count). The first-order valence-corrected chi connectivity index (χ1v) is 12.2. The van der Waals surface area contributed by atoms with Crippen LogP contribution in [0.3, 0.4) is 0 Å². The smallest absolute Gasteiger partial charge is 0.414 e. The maximum absolute atomic E-state index is 12.7. The first-order chi connectivity index (χ1) is 17.1. The molecule has 2 aliphatic heterocycles. The monoisotopic (exact) mass is 476 g/mol. The van der Waals surface area contributed by atoms with Gasteiger partial charge in [-0.25, -0.2) is 4.79 Å². The van der Waals surface area contributed by atoms with E-state index in [9.17, 15) is 4.79 Å². The van der Waals surface area contributed by atoms with Crippen molar-refractivity contribution < 1.29 is 19.0 Å². The van der Waals surface area contributed by atoms with E-state index in [4.69, 9.17) is 19.3 Å². The number of piperidine rings is 1. The van der Waals surface area contributed by atoms with E-state index in [-0.39, 0.29) is 12.1 Å². The molecule has 2 aliphatic rings. The van der Waals surface area contributed by atoms with E-state index in [0.29, 0.717) is 17.5 Å². The lowest BCUT2D eigenvalue weighted by molar-refractivity contribution is 0.175. The number of nitrogens with zero attached hydrogens (tertiary/aromatic N) is 3. The van der Waals surface area contributed by atoms with Gasteiger partial charge in [-0.3, -0.25) is 9.58 Å². The van der Waals surface area contributed by atoms with Crippen molar-refractivity contribution in [1.82, 2.24) is 15.1 Å². The molecule has 1 fully saturated rings. The maximum Gasteiger partial charge on any atom is 0.414 e. The molecule has 3 heterocycles. The lowest BCUT2D eigenvalue weighted by Gasteiger charge is -2.35. The molecule has 3 aromatic rings. The van der Waals surface area contributed by atoms with Crippen molar-refractivity contribution in [3.63, 3.8) is 0 Å². The summed E-state index contributed by atoms with van der Waals surface area (Å²) in [5.74, 6) is 1.99. The summed E-state index contributed by atoms with van der Waals surface area (Å²) in [5, 5.41) is 8.11. The number of carbonyl (C=O) groups excluding carboxylic acids is 1. The second-order valence-corrected chi connectivity index (χ2v) is 9.11. The molecular weight excluding hydrogens is 444 g/mol. The fourth-order valence-corrected chi connectivity index (χ4v) is 5.09. The Morgan fingerprint density at radius 1 is 1.06 bits per heavy atom. The van der Waals surface area contributed by atoms with Crippen LogP contribution in [0.5, 0.6) is 17.2 Å². The van der Waals surface area contributed by atoms with Crippen LogP contribution in [-0.4, -0.2) is 49.2 Å². The van der Waals surface area contributed by atoms with Gasteiger partial charge in [0.15, 0.2) is 11.5 Å². The summed E-state index contributed by atoms with van der Waals surface area (Å²) in [6.07, 6.45) is 7.35. The molecule has 184 valence electrons. The molecule has 0 aliphatic carbocycles. The van der Waals surface area contributed by atoms with Gasteiger partial charge in [-0.05, 0) is 70.0 Å². The Hall–Kier alpha value is -3.52. The zero-order valence-electron chi connectivity index (χ0n) is 20.5. The van der Waals surface area contributed by atoms with Gasteiger partial charge in [-0.1, -0.05) is 12.1 Å². The van der Waals surface area contributed by atoms with Crippen LogP contribution < -0.4 is 19.7 Å². The standard InChI is InChI=1S/C27H32N4O4/c1-18-8-9-22-23(31(18)27(32)34-3)11-10-21(26(22)35-25-7-5-4-6-24(25)33-2)19-16-29-30(17-19)20-12-14-28-15-13-20/h4-7,10-11,16-18,20,28H,8-9,12-15H2,1-3H3. The van der Waals surface area contributed by atoms with Crippen LogP contribution in [0.15, 0.2) is 48.8 Å². The number of hydrogen-bond acceptors (Lipinski definition) is 6. The molecule has 1 unspecified atom stereocenters. The summed E-state index contributed by atoms with van der Waals surface area (Å²) in [6, 6.07) is 12.0. The van der Waals surface area contributed by atoms with Crippen molar-refractivity contribution in [2.45, 2.75) is 44.7 Å². The third-order valence-electron chi connectivity index (χ3n) is 7.00. The average Bonchev–Trinajstić information content (AvgIpc) is 3.39. The van der Waals surface area contributed by atoms with Crippen LogP contribution in [0.2, 0.25) is 0 Å². The minimum absolute atomic E-state index is 0.0302.